The highest BCUT2D eigenvalue weighted by atomic mass is 35.5. The van der Waals surface area contributed by atoms with Crippen molar-refractivity contribution >= 4 is 31.5 Å². The number of hydrogen-bond donors (Lipinski definition) is 0. The molecule has 136 valence electrons. The second-order valence-corrected chi connectivity index (χ2v) is 7.38. The Hall–Kier alpha value is -2.02. The monoisotopic (exact) mass is 395 g/mol. The molecule has 9 heteroatoms. The number of hydrogen-bond acceptors (Lipinski definition) is 6. The van der Waals surface area contributed by atoms with Gasteiger partial charge in [0.05, 0.1) is 42.8 Å². The summed E-state index contributed by atoms with van der Waals surface area (Å²) in [5.74, 6) is -0.859. The molecule has 1 unspecified atom stereocenters. The van der Waals surface area contributed by atoms with Crippen LogP contribution in [0.4, 0.5) is 0 Å². The fourth-order valence-corrected chi connectivity index (χ4v) is 3.50. The largest absolute Gasteiger partial charge is 0.491 e. The molecule has 1 heterocycles. The minimum Gasteiger partial charge on any atom is -0.284 e. The van der Waals surface area contributed by atoms with E-state index in [-0.39, 0.29) is 19.8 Å². The first-order valence-corrected chi connectivity index (χ1v) is 9.49. The van der Waals surface area contributed by atoms with Gasteiger partial charge in [0.1, 0.15) is 0 Å². The molecule has 0 N–H and O–H groups in total. The van der Waals surface area contributed by atoms with E-state index in [0.29, 0.717) is 11.1 Å². The Kier molecular flexibility index (Phi) is 5.86. The molecule has 1 aliphatic rings. The van der Waals surface area contributed by atoms with Crippen molar-refractivity contribution in [2.24, 2.45) is 0 Å². The number of imide groups is 1. The summed E-state index contributed by atoms with van der Waals surface area (Å²) in [6, 6.07) is 15.5. The predicted molar refractivity (Wildman–Crippen MR) is 93.5 cm³/mol. The SMILES string of the molecule is O=C1c2ccccc2C(=O)N1CCOP(=O)(OCl)OCc1ccccc1. The third-order valence-electron chi connectivity index (χ3n) is 3.76. The van der Waals surface area contributed by atoms with Gasteiger partial charge in [-0.05, 0) is 17.7 Å². The summed E-state index contributed by atoms with van der Waals surface area (Å²) in [4.78, 5) is 25.5. The Morgan fingerprint density at radius 3 is 2.04 bits per heavy atom. The predicted octanol–water partition coefficient (Wildman–Crippen LogP) is 3.79. The number of rotatable bonds is 8. The molecule has 1 aliphatic heterocycles. The van der Waals surface area contributed by atoms with Crippen LogP contribution in [-0.2, 0) is 24.3 Å². The first kappa shape index (κ1) is 18.8. The standard InChI is InChI=1S/C17H15ClNO6P/c18-25-26(22,24-12-13-6-2-1-3-7-13)23-11-10-19-16(20)14-8-4-5-9-15(14)17(19)21/h1-9H,10-12H2. The highest BCUT2D eigenvalue weighted by Crippen LogP contribution is 2.51. The van der Waals surface area contributed by atoms with Gasteiger partial charge in [0.2, 0.25) is 0 Å². The molecular formula is C17H15ClNO6P. The molecule has 2 aromatic carbocycles. The maximum Gasteiger partial charge on any atom is 0.491 e. The number of halogens is 1. The van der Waals surface area contributed by atoms with Crippen LogP contribution in [0.25, 0.3) is 0 Å². The van der Waals surface area contributed by atoms with Gasteiger partial charge in [0, 0.05) is 0 Å². The van der Waals surface area contributed by atoms with E-state index in [2.05, 4.69) is 4.08 Å². The van der Waals surface area contributed by atoms with Gasteiger partial charge in [-0.15, -0.1) is 0 Å². The van der Waals surface area contributed by atoms with Gasteiger partial charge in [-0.3, -0.25) is 23.5 Å². The third-order valence-corrected chi connectivity index (χ3v) is 5.38. The van der Waals surface area contributed by atoms with Crippen molar-refractivity contribution in [3.05, 3.63) is 71.3 Å². The van der Waals surface area contributed by atoms with Crippen molar-refractivity contribution in [2.75, 3.05) is 13.2 Å². The van der Waals surface area contributed by atoms with E-state index in [0.717, 1.165) is 10.5 Å². The Morgan fingerprint density at radius 2 is 1.46 bits per heavy atom. The fourth-order valence-electron chi connectivity index (χ4n) is 2.49. The van der Waals surface area contributed by atoms with Gasteiger partial charge in [-0.2, -0.15) is 4.08 Å². The number of nitrogens with zero attached hydrogens (tertiary/aromatic N) is 1. The molecule has 0 fully saturated rings. The molecule has 0 aliphatic carbocycles. The second-order valence-electron chi connectivity index (χ2n) is 5.42. The summed E-state index contributed by atoms with van der Waals surface area (Å²) < 4.78 is 26.9. The van der Waals surface area contributed by atoms with Gasteiger partial charge in [0.25, 0.3) is 11.8 Å². The lowest BCUT2D eigenvalue weighted by Crippen LogP contribution is -2.32. The average molecular weight is 396 g/mol. The zero-order valence-electron chi connectivity index (χ0n) is 13.5. The van der Waals surface area contributed by atoms with Gasteiger partial charge in [-0.25, -0.2) is 4.57 Å². The van der Waals surface area contributed by atoms with Gasteiger partial charge in [0.15, 0.2) is 0 Å². The summed E-state index contributed by atoms with van der Waals surface area (Å²) in [6.07, 6.45) is 0. The van der Waals surface area contributed by atoms with Gasteiger partial charge >= 0.3 is 7.82 Å². The number of benzene rings is 2. The van der Waals surface area contributed by atoms with Crippen LogP contribution in [0.3, 0.4) is 0 Å². The average Bonchev–Trinajstić information content (AvgIpc) is 2.92. The topological polar surface area (TPSA) is 82.1 Å². The van der Waals surface area contributed by atoms with Crippen molar-refractivity contribution < 1.29 is 27.3 Å². The van der Waals surface area contributed by atoms with E-state index in [1.165, 1.54) is 0 Å². The zero-order valence-corrected chi connectivity index (χ0v) is 15.2. The first-order chi connectivity index (χ1) is 12.5. The third kappa shape index (κ3) is 4.03. The van der Waals surface area contributed by atoms with Crippen LogP contribution >= 0.6 is 19.7 Å². The van der Waals surface area contributed by atoms with E-state index >= 15 is 0 Å². The maximum absolute atomic E-state index is 12.3. The van der Waals surface area contributed by atoms with E-state index in [1.54, 1.807) is 48.5 Å². The van der Waals surface area contributed by atoms with Crippen LogP contribution in [-0.4, -0.2) is 29.9 Å². The number of fused-ring (bicyclic) bond motifs is 1. The molecule has 0 spiro atoms. The van der Waals surface area contributed by atoms with Crippen molar-refractivity contribution in [3.63, 3.8) is 0 Å². The fraction of sp³-hybridized carbons (Fsp3) is 0.176. The Labute approximate surface area is 155 Å². The normalized spacial score (nSPS) is 15.8. The molecular weight excluding hydrogens is 381 g/mol. The van der Waals surface area contributed by atoms with Crippen molar-refractivity contribution in [3.8, 4) is 0 Å². The Morgan fingerprint density at radius 1 is 0.885 bits per heavy atom. The summed E-state index contributed by atoms with van der Waals surface area (Å²) in [5.41, 5.74) is 1.41. The minimum absolute atomic E-state index is 0.0299. The zero-order chi connectivity index (χ0) is 18.6. The number of phosphoric acid groups is 1. The lowest BCUT2D eigenvalue weighted by molar-refractivity contribution is 0.0611. The molecule has 0 radical (unpaired) electrons. The molecule has 26 heavy (non-hydrogen) atoms. The van der Waals surface area contributed by atoms with E-state index in [1.807, 2.05) is 6.07 Å². The molecule has 1 atom stereocenters. The summed E-state index contributed by atoms with van der Waals surface area (Å²) in [6.45, 7) is -0.382. The Bertz CT molecular complexity index is 824. The number of carbonyl (C=O) groups is 2. The lowest BCUT2D eigenvalue weighted by atomic mass is 10.1. The van der Waals surface area contributed by atoms with Crippen molar-refractivity contribution in [1.29, 1.82) is 0 Å². The van der Waals surface area contributed by atoms with Crippen LogP contribution in [0.1, 0.15) is 26.3 Å². The van der Waals surface area contributed by atoms with Crippen LogP contribution in [0.5, 0.6) is 0 Å². The number of phosphoric ester groups is 1. The molecule has 0 bridgehead atoms. The van der Waals surface area contributed by atoms with E-state index < -0.39 is 19.6 Å². The molecule has 7 nitrogen and oxygen atoms in total. The van der Waals surface area contributed by atoms with Crippen LogP contribution < -0.4 is 0 Å². The van der Waals surface area contributed by atoms with Crippen LogP contribution in [0, 0.1) is 0 Å². The highest BCUT2D eigenvalue weighted by molar-refractivity contribution is 7.49. The molecule has 2 aromatic rings. The van der Waals surface area contributed by atoms with Crippen molar-refractivity contribution in [2.45, 2.75) is 6.61 Å². The van der Waals surface area contributed by atoms with Crippen LogP contribution in [0.15, 0.2) is 54.6 Å². The molecule has 0 saturated carbocycles. The quantitative estimate of drug-likeness (QED) is 0.499. The summed E-state index contributed by atoms with van der Waals surface area (Å²) in [5, 5.41) is 0. The maximum atomic E-state index is 12.3. The molecule has 0 saturated heterocycles. The number of carbonyl (C=O) groups excluding carboxylic acids is 2. The first-order valence-electron chi connectivity index (χ1n) is 7.73. The highest BCUT2D eigenvalue weighted by Gasteiger charge is 2.35. The van der Waals surface area contributed by atoms with Gasteiger partial charge < -0.3 is 0 Å². The summed E-state index contributed by atoms with van der Waals surface area (Å²) >= 11 is 5.24. The number of amides is 2. The molecule has 0 aromatic heterocycles. The van der Waals surface area contributed by atoms with Gasteiger partial charge in [-0.1, -0.05) is 42.5 Å². The van der Waals surface area contributed by atoms with Crippen LogP contribution in [0.2, 0.25) is 0 Å². The summed E-state index contributed by atoms with van der Waals surface area (Å²) in [7, 11) is -4.02. The smallest absolute Gasteiger partial charge is 0.284 e. The minimum atomic E-state index is -4.02. The molecule has 2 amide bonds. The van der Waals surface area contributed by atoms with E-state index in [4.69, 9.17) is 20.9 Å². The van der Waals surface area contributed by atoms with Crippen molar-refractivity contribution in [1.82, 2.24) is 4.90 Å². The van der Waals surface area contributed by atoms with E-state index in [9.17, 15) is 14.2 Å². The lowest BCUT2D eigenvalue weighted by Gasteiger charge is -2.17. The second kappa shape index (κ2) is 8.12. The Balaban J connectivity index is 1.55. The molecule has 3 rings (SSSR count).